The first-order valence-corrected chi connectivity index (χ1v) is 12.1. The lowest BCUT2D eigenvalue weighted by Crippen LogP contribution is -2.51. The van der Waals surface area contributed by atoms with E-state index in [0.717, 1.165) is 16.7 Å². The summed E-state index contributed by atoms with van der Waals surface area (Å²) in [5.41, 5.74) is 6.22. The third-order valence-corrected chi connectivity index (χ3v) is 8.78. The molecule has 9 heteroatoms. The summed E-state index contributed by atoms with van der Waals surface area (Å²) in [7, 11) is -3.93. The van der Waals surface area contributed by atoms with Gasteiger partial charge in [-0.1, -0.05) is 24.6 Å². The highest BCUT2D eigenvalue weighted by atomic mass is 35.5. The number of benzene rings is 2. The van der Waals surface area contributed by atoms with Crippen LogP contribution >= 0.6 is 11.6 Å². The number of nitrogens with zero attached hydrogens (tertiary/aromatic N) is 2. The topological polar surface area (TPSA) is 71.0 Å². The number of ether oxygens (including phenoxy) is 1. The van der Waals surface area contributed by atoms with Gasteiger partial charge in [-0.25, -0.2) is 18.2 Å². The Morgan fingerprint density at radius 2 is 1.94 bits per heavy atom. The van der Waals surface area contributed by atoms with Crippen molar-refractivity contribution in [2.75, 3.05) is 6.54 Å². The number of sulfonamides is 1. The molecule has 2 aliphatic rings. The largest absolute Gasteiger partial charge is 0.422 e. The van der Waals surface area contributed by atoms with Crippen LogP contribution in [0.4, 0.5) is 4.39 Å². The van der Waals surface area contributed by atoms with Crippen molar-refractivity contribution in [1.29, 1.82) is 0 Å². The van der Waals surface area contributed by atoms with Crippen molar-refractivity contribution in [3.8, 4) is 0 Å². The zero-order valence-corrected chi connectivity index (χ0v) is 19.9. The highest BCUT2D eigenvalue weighted by Gasteiger charge is 2.45. The van der Waals surface area contributed by atoms with Crippen LogP contribution in [-0.2, 0) is 21.2 Å². The molecule has 6 nitrogen and oxygen atoms in total. The molecule has 0 saturated heterocycles. The molecule has 0 fully saturated rings. The predicted octanol–water partition coefficient (Wildman–Crippen LogP) is 4.53. The Morgan fingerprint density at radius 3 is 2.59 bits per heavy atom. The van der Waals surface area contributed by atoms with Gasteiger partial charge in [0, 0.05) is 17.5 Å². The molecule has 4 rings (SSSR count). The van der Waals surface area contributed by atoms with Gasteiger partial charge in [-0.3, -0.25) is 0 Å². The second kappa shape index (κ2) is 8.17. The fraction of sp³-hybridized carbons (Fsp3) is 0.348. The van der Waals surface area contributed by atoms with Gasteiger partial charge in [-0.2, -0.15) is 4.31 Å². The highest BCUT2D eigenvalue weighted by Crippen LogP contribution is 2.38. The summed E-state index contributed by atoms with van der Waals surface area (Å²) in [6.07, 6.45) is 0.473. The van der Waals surface area contributed by atoms with Gasteiger partial charge in [-0.05, 0) is 79.8 Å². The zero-order chi connectivity index (χ0) is 23.4. The molecule has 0 spiro atoms. The molecule has 2 aliphatic heterocycles. The van der Waals surface area contributed by atoms with E-state index < -0.39 is 27.8 Å². The maximum atomic E-state index is 15.0. The monoisotopic (exact) mass is 477 g/mol. The first kappa shape index (κ1) is 22.8. The Labute approximate surface area is 192 Å². The number of fused-ring (bicyclic) bond motifs is 1. The van der Waals surface area contributed by atoms with Crippen LogP contribution in [0.15, 0.2) is 46.7 Å². The summed E-state index contributed by atoms with van der Waals surface area (Å²) >= 11 is 6.23. The SMILES string of the molecule is C=C1NN=C(C(C(C)c2c(F)ccc(C)c2C)N2CCc3c(ccc(Cl)c3C)S2(=O)=O)O1. The lowest BCUT2D eigenvalue weighted by molar-refractivity contribution is 0.294. The summed E-state index contributed by atoms with van der Waals surface area (Å²) in [6, 6.07) is 5.37. The standard InChI is InChI=1S/C23H25ClFN3O3S/c1-12-6-8-19(25)21(13(12)2)15(4)22(23-27-26-16(5)31-23)28-11-10-17-14(3)18(24)7-9-20(17)32(28,29)30/h6-9,15,22,26H,5,10-11H2,1-4H3. The molecule has 0 aliphatic carbocycles. The van der Waals surface area contributed by atoms with Gasteiger partial charge >= 0.3 is 0 Å². The Morgan fingerprint density at radius 1 is 1.22 bits per heavy atom. The average Bonchev–Trinajstić information content (AvgIpc) is 3.15. The molecule has 2 unspecified atom stereocenters. The molecule has 0 aromatic heterocycles. The minimum atomic E-state index is -3.93. The summed E-state index contributed by atoms with van der Waals surface area (Å²) in [5, 5.41) is 4.70. The lowest BCUT2D eigenvalue weighted by Gasteiger charge is -2.37. The van der Waals surface area contributed by atoms with E-state index in [9.17, 15) is 8.42 Å². The molecule has 1 N–H and O–H groups in total. The van der Waals surface area contributed by atoms with E-state index in [1.54, 1.807) is 19.1 Å². The van der Waals surface area contributed by atoms with Gasteiger partial charge in [0.05, 0.1) is 4.90 Å². The van der Waals surface area contributed by atoms with E-state index >= 15 is 4.39 Å². The molecule has 0 amide bonds. The number of hydrazone groups is 1. The van der Waals surface area contributed by atoms with Crippen LogP contribution in [0.3, 0.4) is 0 Å². The van der Waals surface area contributed by atoms with E-state index in [1.807, 2.05) is 20.8 Å². The Hall–Kier alpha value is -2.42. The smallest absolute Gasteiger partial charge is 0.244 e. The number of halogens is 2. The lowest BCUT2D eigenvalue weighted by atomic mass is 9.87. The molecule has 2 aromatic rings. The minimum Gasteiger partial charge on any atom is -0.422 e. The van der Waals surface area contributed by atoms with Crippen molar-refractivity contribution in [2.45, 2.75) is 51.0 Å². The van der Waals surface area contributed by atoms with E-state index in [1.165, 1.54) is 16.4 Å². The van der Waals surface area contributed by atoms with Gasteiger partial charge in [0.2, 0.25) is 21.8 Å². The van der Waals surface area contributed by atoms with E-state index in [4.69, 9.17) is 16.3 Å². The van der Waals surface area contributed by atoms with Crippen LogP contribution in [-0.4, -0.2) is 31.2 Å². The average molecular weight is 478 g/mol. The van der Waals surface area contributed by atoms with Gasteiger partial charge in [0.15, 0.2) is 0 Å². The maximum absolute atomic E-state index is 15.0. The fourth-order valence-electron chi connectivity index (χ4n) is 4.54. The molecule has 32 heavy (non-hydrogen) atoms. The number of hydrogen-bond acceptors (Lipinski definition) is 5. The first-order chi connectivity index (χ1) is 15.0. The van der Waals surface area contributed by atoms with Crippen molar-refractivity contribution in [1.82, 2.24) is 9.73 Å². The quantitative estimate of drug-likeness (QED) is 0.702. The summed E-state index contributed by atoms with van der Waals surface area (Å²) in [6.45, 7) is 11.2. The third-order valence-electron chi connectivity index (χ3n) is 6.40. The van der Waals surface area contributed by atoms with Crippen LogP contribution in [0, 0.1) is 26.6 Å². The number of hydrogen-bond donors (Lipinski definition) is 1. The van der Waals surface area contributed by atoms with Gasteiger partial charge < -0.3 is 4.74 Å². The second-order valence-electron chi connectivity index (χ2n) is 8.24. The van der Waals surface area contributed by atoms with Crippen molar-refractivity contribution in [2.24, 2.45) is 5.10 Å². The Kier molecular flexibility index (Phi) is 5.81. The van der Waals surface area contributed by atoms with Crippen LogP contribution in [0.2, 0.25) is 5.02 Å². The Bertz CT molecular complexity index is 1260. The van der Waals surface area contributed by atoms with Crippen molar-refractivity contribution in [3.63, 3.8) is 0 Å². The molecule has 0 saturated carbocycles. The Balaban J connectivity index is 1.87. The molecule has 2 heterocycles. The van der Waals surface area contributed by atoms with Crippen molar-refractivity contribution < 1.29 is 17.5 Å². The van der Waals surface area contributed by atoms with E-state index in [-0.39, 0.29) is 23.2 Å². The van der Waals surface area contributed by atoms with E-state index in [2.05, 4.69) is 17.1 Å². The second-order valence-corrected chi connectivity index (χ2v) is 10.5. The van der Waals surface area contributed by atoms with Gasteiger partial charge in [-0.15, -0.1) is 5.10 Å². The summed E-state index contributed by atoms with van der Waals surface area (Å²) in [5.74, 6) is -0.643. The van der Waals surface area contributed by atoms with E-state index in [0.29, 0.717) is 22.6 Å². The molecule has 0 bridgehead atoms. The van der Waals surface area contributed by atoms with Crippen LogP contribution < -0.4 is 5.43 Å². The first-order valence-electron chi connectivity index (χ1n) is 10.3. The molecular formula is C23H25ClFN3O3S. The van der Waals surface area contributed by atoms with Crippen LogP contribution in [0.1, 0.15) is 40.7 Å². The fourth-order valence-corrected chi connectivity index (χ4v) is 6.68. The maximum Gasteiger partial charge on any atom is 0.244 e. The van der Waals surface area contributed by atoms with Gasteiger partial charge in [0.25, 0.3) is 0 Å². The number of rotatable bonds is 4. The third kappa shape index (κ3) is 3.60. The van der Waals surface area contributed by atoms with Gasteiger partial charge in [0.1, 0.15) is 11.9 Å². The normalized spacial score (nSPS) is 19.6. The van der Waals surface area contributed by atoms with Crippen LogP contribution in [0.5, 0.6) is 0 Å². The number of aryl methyl sites for hydroxylation is 1. The van der Waals surface area contributed by atoms with Crippen molar-refractivity contribution in [3.05, 3.63) is 75.4 Å². The van der Waals surface area contributed by atoms with Crippen LogP contribution in [0.25, 0.3) is 0 Å². The minimum absolute atomic E-state index is 0.139. The zero-order valence-electron chi connectivity index (χ0n) is 18.4. The molecule has 2 aromatic carbocycles. The molecular weight excluding hydrogens is 453 g/mol. The molecule has 170 valence electrons. The summed E-state index contributed by atoms with van der Waals surface area (Å²) in [4.78, 5) is 0.203. The van der Waals surface area contributed by atoms with Crippen molar-refractivity contribution >= 4 is 27.5 Å². The number of nitrogens with one attached hydrogen (secondary N) is 1. The highest BCUT2D eigenvalue weighted by molar-refractivity contribution is 7.89. The molecule has 0 radical (unpaired) electrons. The summed E-state index contributed by atoms with van der Waals surface area (Å²) < 4.78 is 49.5. The predicted molar refractivity (Wildman–Crippen MR) is 123 cm³/mol. The molecule has 2 atom stereocenters.